The van der Waals surface area contributed by atoms with Crippen molar-refractivity contribution in [2.24, 2.45) is 5.92 Å². The molecule has 0 bridgehead atoms. The molecule has 0 aliphatic heterocycles. The number of hydrogen-bond donors (Lipinski definition) is 1. The monoisotopic (exact) mass is 226 g/mol. The fourth-order valence-electron chi connectivity index (χ4n) is 1.92. The van der Waals surface area contributed by atoms with Crippen molar-refractivity contribution in [3.05, 3.63) is 29.0 Å². The SMILES string of the molecule is CCCC(C)C(NC)c1ccc(Cl)cn1. The Kier molecular flexibility index (Phi) is 5.06. The van der Waals surface area contributed by atoms with Gasteiger partial charge < -0.3 is 5.32 Å². The second-order valence-corrected chi connectivity index (χ2v) is 4.37. The number of pyridine rings is 1. The molecule has 0 fully saturated rings. The molecule has 0 aromatic carbocycles. The van der Waals surface area contributed by atoms with Gasteiger partial charge in [0.25, 0.3) is 0 Å². The summed E-state index contributed by atoms with van der Waals surface area (Å²) in [4.78, 5) is 4.36. The van der Waals surface area contributed by atoms with Crippen LogP contribution < -0.4 is 5.32 Å². The van der Waals surface area contributed by atoms with Crippen LogP contribution in [-0.4, -0.2) is 12.0 Å². The molecule has 0 amide bonds. The molecule has 1 heterocycles. The Morgan fingerprint density at radius 3 is 2.67 bits per heavy atom. The number of nitrogens with one attached hydrogen (secondary N) is 1. The predicted octanol–water partition coefficient (Wildman–Crippen LogP) is 3.43. The van der Waals surface area contributed by atoms with Crippen LogP contribution in [0.5, 0.6) is 0 Å². The Balaban J connectivity index is 2.77. The summed E-state index contributed by atoms with van der Waals surface area (Å²) < 4.78 is 0. The molecule has 2 unspecified atom stereocenters. The zero-order chi connectivity index (χ0) is 11.3. The lowest BCUT2D eigenvalue weighted by atomic mass is 9.94. The van der Waals surface area contributed by atoms with Crippen molar-refractivity contribution in [2.45, 2.75) is 32.7 Å². The van der Waals surface area contributed by atoms with E-state index < -0.39 is 0 Å². The fourth-order valence-corrected chi connectivity index (χ4v) is 2.03. The second-order valence-electron chi connectivity index (χ2n) is 3.93. The molecule has 0 saturated carbocycles. The molecule has 1 aromatic rings. The van der Waals surface area contributed by atoms with Crippen molar-refractivity contribution in [3.63, 3.8) is 0 Å². The summed E-state index contributed by atoms with van der Waals surface area (Å²) in [5.74, 6) is 0.591. The van der Waals surface area contributed by atoms with Crippen LogP contribution in [0.1, 0.15) is 38.4 Å². The van der Waals surface area contributed by atoms with E-state index in [1.54, 1.807) is 6.20 Å². The molecule has 0 aliphatic carbocycles. The first kappa shape index (κ1) is 12.5. The first-order chi connectivity index (χ1) is 7.19. The first-order valence-electron chi connectivity index (χ1n) is 5.47. The van der Waals surface area contributed by atoms with Crippen LogP contribution in [0, 0.1) is 5.92 Å². The maximum Gasteiger partial charge on any atom is 0.0589 e. The topological polar surface area (TPSA) is 24.9 Å². The summed E-state index contributed by atoms with van der Waals surface area (Å²) in [6, 6.07) is 4.21. The Morgan fingerprint density at radius 2 is 2.20 bits per heavy atom. The smallest absolute Gasteiger partial charge is 0.0589 e. The van der Waals surface area contributed by atoms with Gasteiger partial charge in [-0.3, -0.25) is 4.98 Å². The maximum atomic E-state index is 5.82. The minimum Gasteiger partial charge on any atom is -0.311 e. The molecular formula is C12H19ClN2. The average molecular weight is 227 g/mol. The van der Waals surface area contributed by atoms with Gasteiger partial charge in [-0.05, 0) is 31.5 Å². The summed E-state index contributed by atoms with van der Waals surface area (Å²) in [6.07, 6.45) is 4.11. The summed E-state index contributed by atoms with van der Waals surface area (Å²) in [5.41, 5.74) is 1.07. The molecule has 1 rings (SSSR count). The van der Waals surface area contributed by atoms with Crippen molar-refractivity contribution in [3.8, 4) is 0 Å². The lowest BCUT2D eigenvalue weighted by Gasteiger charge is -2.22. The molecule has 0 spiro atoms. The molecule has 15 heavy (non-hydrogen) atoms. The molecule has 0 aliphatic rings. The Bertz CT molecular complexity index is 284. The third kappa shape index (κ3) is 3.47. The van der Waals surface area contributed by atoms with Crippen molar-refractivity contribution in [1.82, 2.24) is 10.3 Å². The van der Waals surface area contributed by atoms with Gasteiger partial charge in [-0.25, -0.2) is 0 Å². The van der Waals surface area contributed by atoms with Crippen LogP contribution in [-0.2, 0) is 0 Å². The molecule has 2 atom stereocenters. The van der Waals surface area contributed by atoms with E-state index in [2.05, 4.69) is 24.1 Å². The quantitative estimate of drug-likeness (QED) is 0.832. The predicted molar refractivity (Wildman–Crippen MR) is 65.1 cm³/mol. The zero-order valence-electron chi connectivity index (χ0n) is 9.63. The van der Waals surface area contributed by atoms with E-state index in [0.717, 1.165) is 5.69 Å². The van der Waals surface area contributed by atoms with E-state index in [4.69, 9.17) is 11.6 Å². The number of hydrogen-bond acceptors (Lipinski definition) is 2. The van der Waals surface area contributed by atoms with E-state index in [9.17, 15) is 0 Å². The third-order valence-electron chi connectivity index (χ3n) is 2.69. The van der Waals surface area contributed by atoms with Crippen LogP contribution in [0.4, 0.5) is 0 Å². The van der Waals surface area contributed by atoms with Crippen molar-refractivity contribution < 1.29 is 0 Å². The average Bonchev–Trinajstić information content (AvgIpc) is 2.22. The van der Waals surface area contributed by atoms with Crippen molar-refractivity contribution >= 4 is 11.6 Å². The van der Waals surface area contributed by atoms with Gasteiger partial charge in [0.1, 0.15) is 0 Å². The fraction of sp³-hybridized carbons (Fsp3) is 0.583. The highest BCUT2D eigenvalue weighted by Crippen LogP contribution is 2.24. The summed E-state index contributed by atoms with van der Waals surface area (Å²) in [7, 11) is 1.98. The lowest BCUT2D eigenvalue weighted by molar-refractivity contribution is 0.377. The Morgan fingerprint density at radius 1 is 1.47 bits per heavy atom. The van der Waals surface area contributed by atoms with Crippen molar-refractivity contribution in [1.29, 1.82) is 0 Å². The van der Waals surface area contributed by atoms with Crippen LogP contribution >= 0.6 is 11.6 Å². The Hall–Kier alpha value is -0.600. The summed E-state index contributed by atoms with van der Waals surface area (Å²) >= 11 is 5.82. The first-order valence-corrected chi connectivity index (χ1v) is 5.85. The standard InChI is InChI=1S/C12H19ClN2/c1-4-5-9(2)12(14-3)11-7-6-10(13)8-15-11/h6-9,12,14H,4-5H2,1-3H3. The summed E-state index contributed by atoms with van der Waals surface area (Å²) in [6.45, 7) is 4.46. The molecule has 3 heteroatoms. The molecule has 1 aromatic heterocycles. The Labute approximate surface area is 97.1 Å². The third-order valence-corrected chi connectivity index (χ3v) is 2.92. The van der Waals surface area contributed by atoms with Gasteiger partial charge in [-0.15, -0.1) is 0 Å². The minimum absolute atomic E-state index is 0.321. The number of nitrogens with zero attached hydrogens (tertiary/aromatic N) is 1. The van der Waals surface area contributed by atoms with Gasteiger partial charge in [0.2, 0.25) is 0 Å². The highest BCUT2D eigenvalue weighted by molar-refractivity contribution is 6.30. The number of aromatic nitrogens is 1. The van der Waals surface area contributed by atoms with E-state index in [-0.39, 0.29) is 0 Å². The van der Waals surface area contributed by atoms with Crippen LogP contribution in [0.3, 0.4) is 0 Å². The van der Waals surface area contributed by atoms with Gasteiger partial charge >= 0.3 is 0 Å². The van der Waals surface area contributed by atoms with Gasteiger partial charge in [0.15, 0.2) is 0 Å². The van der Waals surface area contributed by atoms with E-state index in [0.29, 0.717) is 17.0 Å². The number of rotatable bonds is 5. The summed E-state index contributed by atoms with van der Waals surface area (Å²) in [5, 5.41) is 4.01. The van der Waals surface area contributed by atoms with Gasteiger partial charge in [-0.2, -0.15) is 0 Å². The molecule has 0 radical (unpaired) electrons. The second kappa shape index (κ2) is 6.09. The molecular weight excluding hydrogens is 208 g/mol. The van der Waals surface area contributed by atoms with Crippen LogP contribution in [0.25, 0.3) is 0 Å². The van der Waals surface area contributed by atoms with Crippen molar-refractivity contribution in [2.75, 3.05) is 7.05 Å². The normalized spacial score (nSPS) is 14.9. The van der Waals surface area contributed by atoms with E-state index in [1.165, 1.54) is 12.8 Å². The van der Waals surface area contributed by atoms with Crippen LogP contribution in [0.15, 0.2) is 18.3 Å². The molecule has 0 saturated heterocycles. The van der Waals surface area contributed by atoms with Gasteiger partial charge in [-0.1, -0.05) is 31.9 Å². The molecule has 2 nitrogen and oxygen atoms in total. The highest BCUT2D eigenvalue weighted by atomic mass is 35.5. The largest absolute Gasteiger partial charge is 0.311 e. The van der Waals surface area contributed by atoms with Gasteiger partial charge in [0.05, 0.1) is 16.8 Å². The maximum absolute atomic E-state index is 5.82. The lowest BCUT2D eigenvalue weighted by Crippen LogP contribution is -2.24. The number of halogens is 1. The zero-order valence-corrected chi connectivity index (χ0v) is 10.4. The van der Waals surface area contributed by atoms with Crippen LogP contribution in [0.2, 0.25) is 5.02 Å². The minimum atomic E-state index is 0.321. The molecule has 1 N–H and O–H groups in total. The molecule has 84 valence electrons. The van der Waals surface area contributed by atoms with E-state index >= 15 is 0 Å². The highest BCUT2D eigenvalue weighted by Gasteiger charge is 2.17. The van der Waals surface area contributed by atoms with E-state index in [1.807, 2.05) is 19.2 Å². The van der Waals surface area contributed by atoms with Gasteiger partial charge in [0, 0.05) is 6.20 Å².